The topological polar surface area (TPSA) is 35.9 Å². The number of ether oxygens (including phenoxy) is 1. The van der Waals surface area contributed by atoms with Crippen LogP contribution in [0.5, 0.6) is 0 Å². The molecule has 0 aromatic heterocycles. The molecule has 4 nitrogen and oxygen atoms in total. The smallest absolute Gasteiger partial charge is 0.0900 e. The standard InChI is InChI=1S/C11H24N2O2/c1-3-15-10-11(14)9-13-6-4-5-12(2)7-8-13/h11,14H,3-10H2,1-2H3. The van der Waals surface area contributed by atoms with Gasteiger partial charge in [-0.25, -0.2) is 0 Å². The zero-order chi connectivity index (χ0) is 11.1. The maximum Gasteiger partial charge on any atom is 0.0900 e. The summed E-state index contributed by atoms with van der Waals surface area (Å²) in [5.41, 5.74) is 0. The van der Waals surface area contributed by atoms with Gasteiger partial charge >= 0.3 is 0 Å². The Balaban J connectivity index is 2.18. The van der Waals surface area contributed by atoms with Gasteiger partial charge in [0.05, 0.1) is 12.7 Å². The molecule has 1 N–H and O–H groups in total. The molecule has 1 fully saturated rings. The highest BCUT2D eigenvalue weighted by molar-refractivity contribution is 4.70. The minimum atomic E-state index is -0.339. The Labute approximate surface area is 92.8 Å². The molecule has 0 aromatic carbocycles. The lowest BCUT2D eigenvalue weighted by molar-refractivity contribution is 0.0219. The molecular weight excluding hydrogens is 192 g/mol. The van der Waals surface area contributed by atoms with Crippen LogP contribution in [0.3, 0.4) is 0 Å². The third-order valence-corrected chi connectivity index (χ3v) is 2.80. The van der Waals surface area contributed by atoms with E-state index >= 15 is 0 Å². The fourth-order valence-electron chi connectivity index (χ4n) is 1.89. The summed E-state index contributed by atoms with van der Waals surface area (Å²) in [5.74, 6) is 0. The van der Waals surface area contributed by atoms with E-state index in [4.69, 9.17) is 4.74 Å². The molecule has 1 unspecified atom stereocenters. The van der Waals surface area contributed by atoms with Crippen LogP contribution in [0.2, 0.25) is 0 Å². The first kappa shape index (κ1) is 12.9. The van der Waals surface area contributed by atoms with Crippen molar-refractivity contribution in [3.05, 3.63) is 0 Å². The van der Waals surface area contributed by atoms with Crippen LogP contribution in [0, 0.1) is 0 Å². The second kappa shape index (κ2) is 7.17. The Morgan fingerprint density at radius 1 is 1.27 bits per heavy atom. The highest BCUT2D eigenvalue weighted by Gasteiger charge is 2.15. The molecule has 1 rings (SSSR count). The summed E-state index contributed by atoms with van der Waals surface area (Å²) in [5, 5.41) is 9.71. The molecule has 0 aromatic rings. The van der Waals surface area contributed by atoms with Gasteiger partial charge < -0.3 is 14.7 Å². The van der Waals surface area contributed by atoms with Crippen molar-refractivity contribution in [2.45, 2.75) is 19.4 Å². The largest absolute Gasteiger partial charge is 0.389 e. The van der Waals surface area contributed by atoms with Crippen LogP contribution in [0.1, 0.15) is 13.3 Å². The van der Waals surface area contributed by atoms with Crippen LogP contribution in [-0.4, -0.2) is 74.0 Å². The number of aliphatic hydroxyl groups is 1. The Morgan fingerprint density at radius 2 is 2.07 bits per heavy atom. The molecule has 1 atom stereocenters. The summed E-state index contributed by atoms with van der Waals surface area (Å²) in [6, 6.07) is 0. The first-order valence-electron chi connectivity index (χ1n) is 5.89. The van der Waals surface area contributed by atoms with Crippen molar-refractivity contribution in [2.24, 2.45) is 0 Å². The average molecular weight is 216 g/mol. The van der Waals surface area contributed by atoms with Gasteiger partial charge in [0.25, 0.3) is 0 Å². The van der Waals surface area contributed by atoms with Crippen molar-refractivity contribution in [3.63, 3.8) is 0 Å². The van der Waals surface area contributed by atoms with Gasteiger partial charge in [-0.05, 0) is 33.5 Å². The summed E-state index contributed by atoms with van der Waals surface area (Å²) >= 11 is 0. The Morgan fingerprint density at radius 3 is 2.80 bits per heavy atom. The number of likely N-dealkylation sites (N-methyl/N-ethyl adjacent to an activating group) is 1. The number of hydrogen-bond donors (Lipinski definition) is 1. The van der Waals surface area contributed by atoms with Crippen molar-refractivity contribution >= 4 is 0 Å². The van der Waals surface area contributed by atoms with E-state index < -0.39 is 0 Å². The normalized spacial score (nSPS) is 22.6. The zero-order valence-electron chi connectivity index (χ0n) is 9.98. The molecule has 90 valence electrons. The molecule has 0 spiro atoms. The quantitative estimate of drug-likeness (QED) is 0.703. The van der Waals surface area contributed by atoms with Crippen molar-refractivity contribution in [3.8, 4) is 0 Å². The highest BCUT2D eigenvalue weighted by atomic mass is 16.5. The first-order valence-corrected chi connectivity index (χ1v) is 5.89. The van der Waals surface area contributed by atoms with E-state index in [1.807, 2.05) is 6.92 Å². The summed E-state index contributed by atoms with van der Waals surface area (Å²) in [6.45, 7) is 8.25. The van der Waals surface area contributed by atoms with E-state index in [1.165, 1.54) is 6.42 Å². The molecule has 4 heteroatoms. The number of hydrogen-bond acceptors (Lipinski definition) is 4. The number of β-amino-alcohol motifs (C(OH)–C–C–N with tert-alkyl or cyclic N) is 1. The molecule has 1 aliphatic rings. The highest BCUT2D eigenvalue weighted by Crippen LogP contribution is 2.02. The van der Waals surface area contributed by atoms with Crippen LogP contribution in [0.4, 0.5) is 0 Å². The SMILES string of the molecule is CCOCC(O)CN1CCCN(C)CC1. The van der Waals surface area contributed by atoms with Crippen LogP contribution < -0.4 is 0 Å². The summed E-state index contributed by atoms with van der Waals surface area (Å²) < 4.78 is 5.20. The minimum absolute atomic E-state index is 0.339. The van der Waals surface area contributed by atoms with Gasteiger partial charge in [0, 0.05) is 26.2 Å². The maximum absolute atomic E-state index is 9.71. The Kier molecular flexibility index (Phi) is 6.17. The molecule has 1 saturated heterocycles. The summed E-state index contributed by atoms with van der Waals surface area (Å²) in [4.78, 5) is 4.67. The van der Waals surface area contributed by atoms with Crippen molar-refractivity contribution in [1.82, 2.24) is 9.80 Å². The second-order valence-corrected chi connectivity index (χ2v) is 4.27. The van der Waals surface area contributed by atoms with E-state index in [9.17, 15) is 5.11 Å². The van der Waals surface area contributed by atoms with Crippen LogP contribution in [-0.2, 0) is 4.74 Å². The predicted octanol–water partition coefficient (Wildman–Crippen LogP) is 0.0213. The van der Waals surface area contributed by atoms with Gasteiger partial charge in [-0.2, -0.15) is 0 Å². The van der Waals surface area contributed by atoms with E-state index in [-0.39, 0.29) is 6.10 Å². The second-order valence-electron chi connectivity index (χ2n) is 4.27. The van der Waals surface area contributed by atoms with Gasteiger partial charge in [-0.3, -0.25) is 4.90 Å². The Bertz CT molecular complexity index is 167. The van der Waals surface area contributed by atoms with Crippen LogP contribution >= 0.6 is 0 Å². The molecule has 0 radical (unpaired) electrons. The molecule has 15 heavy (non-hydrogen) atoms. The third kappa shape index (κ3) is 5.47. The van der Waals surface area contributed by atoms with E-state index in [0.29, 0.717) is 13.2 Å². The Hall–Kier alpha value is -0.160. The molecular formula is C11H24N2O2. The van der Waals surface area contributed by atoms with Gasteiger partial charge in [0.1, 0.15) is 0 Å². The number of rotatable bonds is 5. The lowest BCUT2D eigenvalue weighted by Gasteiger charge is -2.23. The lowest BCUT2D eigenvalue weighted by atomic mass is 10.3. The van der Waals surface area contributed by atoms with Crippen molar-refractivity contribution in [1.29, 1.82) is 0 Å². The maximum atomic E-state index is 9.71. The van der Waals surface area contributed by atoms with Gasteiger partial charge in [-0.1, -0.05) is 0 Å². The van der Waals surface area contributed by atoms with Gasteiger partial charge in [-0.15, -0.1) is 0 Å². The molecule has 0 saturated carbocycles. The zero-order valence-corrected chi connectivity index (χ0v) is 9.98. The summed E-state index contributed by atoms with van der Waals surface area (Å²) in [7, 11) is 2.15. The molecule has 0 amide bonds. The lowest BCUT2D eigenvalue weighted by Crippen LogP contribution is -2.37. The van der Waals surface area contributed by atoms with E-state index in [1.54, 1.807) is 0 Å². The molecule has 1 aliphatic heterocycles. The first-order chi connectivity index (χ1) is 7.22. The summed E-state index contributed by atoms with van der Waals surface area (Å²) in [6.07, 6.45) is 0.853. The molecule has 1 heterocycles. The van der Waals surface area contributed by atoms with Crippen molar-refractivity contribution < 1.29 is 9.84 Å². The molecule has 0 aliphatic carbocycles. The minimum Gasteiger partial charge on any atom is -0.389 e. The van der Waals surface area contributed by atoms with Crippen LogP contribution in [0.25, 0.3) is 0 Å². The fraction of sp³-hybridized carbons (Fsp3) is 1.00. The van der Waals surface area contributed by atoms with Gasteiger partial charge in [0.2, 0.25) is 0 Å². The molecule has 0 bridgehead atoms. The average Bonchev–Trinajstić information content (AvgIpc) is 2.41. The van der Waals surface area contributed by atoms with Crippen LogP contribution in [0.15, 0.2) is 0 Å². The monoisotopic (exact) mass is 216 g/mol. The van der Waals surface area contributed by atoms with Gasteiger partial charge in [0.15, 0.2) is 0 Å². The fourth-order valence-corrected chi connectivity index (χ4v) is 1.89. The number of aliphatic hydroxyl groups excluding tert-OH is 1. The van der Waals surface area contributed by atoms with E-state index in [2.05, 4.69) is 16.8 Å². The number of nitrogens with zero attached hydrogens (tertiary/aromatic N) is 2. The third-order valence-electron chi connectivity index (χ3n) is 2.80. The van der Waals surface area contributed by atoms with E-state index in [0.717, 1.165) is 32.7 Å². The van der Waals surface area contributed by atoms with Crippen molar-refractivity contribution in [2.75, 3.05) is 53.0 Å². The predicted molar refractivity (Wildman–Crippen MR) is 61.1 cm³/mol.